The lowest BCUT2D eigenvalue weighted by Crippen LogP contribution is -2.38. The van der Waals surface area contributed by atoms with Crippen molar-refractivity contribution < 1.29 is 18.3 Å². The average molecular weight is 433 g/mol. The van der Waals surface area contributed by atoms with Gasteiger partial charge in [-0.05, 0) is 66.3 Å². The quantitative estimate of drug-likeness (QED) is 0.677. The maximum Gasteiger partial charge on any atom is 0.416 e. The van der Waals surface area contributed by atoms with Crippen LogP contribution in [0.1, 0.15) is 36.6 Å². The van der Waals surface area contributed by atoms with Gasteiger partial charge in [0.05, 0.1) is 16.6 Å². The van der Waals surface area contributed by atoms with Gasteiger partial charge < -0.3 is 5.11 Å². The first kappa shape index (κ1) is 20.8. The smallest absolute Gasteiger partial charge is 0.416 e. The van der Waals surface area contributed by atoms with Crippen molar-refractivity contribution in [3.8, 4) is 5.75 Å². The summed E-state index contributed by atoms with van der Waals surface area (Å²) in [6.07, 6.45) is -2.34. The third-order valence-electron chi connectivity index (χ3n) is 5.56. The monoisotopic (exact) mass is 433 g/mol. The number of phenols is 1. The number of alkyl halides is 3. The van der Waals surface area contributed by atoms with Crippen molar-refractivity contribution in [2.75, 3.05) is 6.26 Å². The van der Waals surface area contributed by atoms with Gasteiger partial charge in [0.2, 0.25) is 0 Å². The number of halogens is 3. The highest BCUT2D eigenvalue weighted by Crippen LogP contribution is 2.42. The minimum atomic E-state index is -4.37. The van der Waals surface area contributed by atoms with Crippen LogP contribution < -0.4 is 5.43 Å². The Morgan fingerprint density at radius 3 is 2.27 bits per heavy atom. The molecule has 0 radical (unpaired) electrons. The highest BCUT2D eigenvalue weighted by Gasteiger charge is 2.41. The topological polar surface area (TPSA) is 47.9 Å². The Morgan fingerprint density at radius 2 is 1.70 bits per heavy atom. The fraction of sp³-hybridized carbons (Fsp3) is 0.318. The molecule has 2 aliphatic heterocycles. The van der Waals surface area contributed by atoms with E-state index < -0.39 is 11.7 Å². The molecule has 2 aliphatic rings. The second kappa shape index (κ2) is 7.67. The first-order valence-corrected chi connectivity index (χ1v) is 10.8. The van der Waals surface area contributed by atoms with Gasteiger partial charge in [0.15, 0.2) is 0 Å². The first-order valence-electron chi connectivity index (χ1n) is 9.55. The Balaban J connectivity index is 1.82. The number of amidine groups is 1. The van der Waals surface area contributed by atoms with Crippen LogP contribution in [0, 0.1) is 5.92 Å². The molecule has 8 heteroatoms. The van der Waals surface area contributed by atoms with Crippen molar-refractivity contribution in [2.24, 2.45) is 10.9 Å². The minimum absolute atomic E-state index is 0.122. The molecule has 4 nitrogen and oxygen atoms in total. The molecule has 0 saturated carbocycles. The van der Waals surface area contributed by atoms with Crippen LogP contribution in [0.4, 0.5) is 13.2 Å². The van der Waals surface area contributed by atoms with Crippen LogP contribution in [0.3, 0.4) is 0 Å². The van der Waals surface area contributed by atoms with Crippen LogP contribution in [-0.4, -0.2) is 27.6 Å². The van der Waals surface area contributed by atoms with Crippen LogP contribution in [-0.2, 0) is 6.18 Å². The molecule has 0 amide bonds. The van der Waals surface area contributed by atoms with E-state index in [1.807, 2.05) is 30.3 Å². The van der Waals surface area contributed by atoms with E-state index in [0.29, 0.717) is 5.56 Å². The van der Waals surface area contributed by atoms with E-state index in [-0.39, 0.29) is 23.1 Å². The zero-order valence-electron chi connectivity index (χ0n) is 16.7. The molecule has 2 heterocycles. The largest absolute Gasteiger partial charge is 0.508 e. The number of nitrogens with one attached hydrogen (secondary N) is 1. The lowest BCUT2D eigenvalue weighted by Gasteiger charge is -2.33. The number of fused-ring (bicyclic) bond motifs is 1. The summed E-state index contributed by atoms with van der Waals surface area (Å²) in [7, 11) is 0. The number of hydrazine groups is 1. The van der Waals surface area contributed by atoms with Gasteiger partial charge in [-0.1, -0.05) is 19.1 Å². The van der Waals surface area contributed by atoms with E-state index in [0.717, 1.165) is 34.8 Å². The Morgan fingerprint density at radius 1 is 1.07 bits per heavy atom. The van der Waals surface area contributed by atoms with Crippen molar-refractivity contribution in [3.05, 3.63) is 70.8 Å². The van der Waals surface area contributed by atoms with Crippen molar-refractivity contribution in [2.45, 2.75) is 31.4 Å². The van der Waals surface area contributed by atoms with Gasteiger partial charge in [-0.25, -0.2) is 5.43 Å². The molecular weight excluding hydrogens is 411 g/mol. The Kier molecular flexibility index (Phi) is 5.32. The summed E-state index contributed by atoms with van der Waals surface area (Å²) in [5, 5.41) is 11.8. The fourth-order valence-electron chi connectivity index (χ4n) is 3.95. The average Bonchev–Trinajstić information content (AvgIpc) is 3.03. The highest BCUT2D eigenvalue weighted by molar-refractivity contribution is 7.99. The highest BCUT2D eigenvalue weighted by atomic mass is 32.2. The number of aliphatic imine (C=N–C) groups is 1. The molecule has 4 rings (SSSR count). The summed E-state index contributed by atoms with van der Waals surface area (Å²) in [6, 6.07) is 11.8. The molecule has 0 bridgehead atoms. The van der Waals surface area contributed by atoms with Crippen LogP contribution in [0.5, 0.6) is 5.75 Å². The third-order valence-corrected chi connectivity index (χ3v) is 6.59. The van der Waals surface area contributed by atoms with Crippen LogP contribution in [0.25, 0.3) is 5.70 Å². The van der Waals surface area contributed by atoms with E-state index >= 15 is 0 Å². The summed E-state index contributed by atoms with van der Waals surface area (Å²) in [6.45, 7) is 4.04. The number of phenolic OH excluding ortho intramolecular Hbond substituents is 1. The van der Waals surface area contributed by atoms with Gasteiger partial charge in [0.25, 0.3) is 0 Å². The zero-order valence-corrected chi connectivity index (χ0v) is 17.6. The second-order valence-electron chi connectivity index (χ2n) is 7.50. The first-order chi connectivity index (χ1) is 14.2. The second-order valence-corrected chi connectivity index (χ2v) is 8.48. The van der Waals surface area contributed by atoms with E-state index in [1.165, 1.54) is 12.1 Å². The van der Waals surface area contributed by atoms with Crippen molar-refractivity contribution in [1.29, 1.82) is 0 Å². The van der Waals surface area contributed by atoms with Crippen LogP contribution in [0.2, 0.25) is 0 Å². The van der Waals surface area contributed by atoms with Crippen molar-refractivity contribution in [3.63, 3.8) is 0 Å². The van der Waals surface area contributed by atoms with Gasteiger partial charge >= 0.3 is 6.18 Å². The molecular formula is C22H22F3N3OS. The van der Waals surface area contributed by atoms with Crippen LogP contribution >= 0.6 is 11.8 Å². The van der Waals surface area contributed by atoms with Crippen molar-refractivity contribution in [1.82, 2.24) is 10.4 Å². The molecule has 1 fully saturated rings. The molecule has 0 spiro atoms. The molecule has 158 valence electrons. The standard InChI is InChI=1S/C22H22F3N3OS/c1-12-18(14-4-8-16(9-5-14)22(23,24)25)26-20-13(2)21(30-3)27-28(20)19(12)15-6-10-17(29)11-7-15/h4-11,13,18,21,27,29H,1-3H3. The number of nitrogens with zero attached hydrogens (tertiary/aromatic N) is 2. The molecule has 1 saturated heterocycles. The maximum absolute atomic E-state index is 13.0. The van der Waals surface area contributed by atoms with E-state index in [9.17, 15) is 18.3 Å². The SMILES string of the molecule is CSC1NN2C(=NC(c3ccc(C(F)(F)F)cc3)C(C)=C2c2ccc(O)cc2)C1C. The fourth-order valence-corrected chi connectivity index (χ4v) is 4.69. The summed E-state index contributed by atoms with van der Waals surface area (Å²) in [5.74, 6) is 1.15. The number of hydrogen-bond acceptors (Lipinski definition) is 5. The molecule has 3 atom stereocenters. The minimum Gasteiger partial charge on any atom is -0.508 e. The van der Waals surface area contributed by atoms with Gasteiger partial charge in [0.1, 0.15) is 17.6 Å². The lowest BCUT2D eigenvalue weighted by atomic mass is 9.92. The zero-order chi connectivity index (χ0) is 21.6. The Bertz CT molecular complexity index is 1000. The number of aromatic hydroxyl groups is 1. The summed E-state index contributed by atoms with van der Waals surface area (Å²) in [4.78, 5) is 4.94. The summed E-state index contributed by atoms with van der Waals surface area (Å²) >= 11 is 1.69. The Hall–Kier alpha value is -2.45. The van der Waals surface area contributed by atoms with Crippen molar-refractivity contribution >= 4 is 23.3 Å². The molecule has 3 unspecified atom stereocenters. The number of benzene rings is 2. The van der Waals surface area contributed by atoms with E-state index in [2.05, 4.69) is 12.3 Å². The molecule has 2 aromatic rings. The Labute approximate surface area is 177 Å². The molecule has 0 aromatic heterocycles. The lowest BCUT2D eigenvalue weighted by molar-refractivity contribution is -0.137. The van der Waals surface area contributed by atoms with Gasteiger partial charge in [-0.2, -0.15) is 13.2 Å². The van der Waals surface area contributed by atoms with Gasteiger partial charge in [0, 0.05) is 5.92 Å². The van der Waals surface area contributed by atoms with Gasteiger partial charge in [-0.3, -0.25) is 10.0 Å². The number of thioether (sulfide) groups is 1. The predicted molar refractivity (Wildman–Crippen MR) is 114 cm³/mol. The van der Waals surface area contributed by atoms with Crippen LogP contribution in [0.15, 0.2) is 59.1 Å². The summed E-state index contributed by atoms with van der Waals surface area (Å²) < 4.78 is 39.0. The number of rotatable bonds is 3. The predicted octanol–water partition coefficient (Wildman–Crippen LogP) is 5.44. The maximum atomic E-state index is 13.0. The molecule has 0 aliphatic carbocycles. The van der Waals surface area contributed by atoms with Gasteiger partial charge in [-0.15, -0.1) is 11.8 Å². The number of hydrogen-bond donors (Lipinski definition) is 2. The normalized spacial score (nSPS) is 24.1. The van der Waals surface area contributed by atoms with E-state index in [4.69, 9.17) is 4.99 Å². The summed E-state index contributed by atoms with van der Waals surface area (Å²) in [5.41, 5.74) is 6.26. The molecule has 2 N–H and O–H groups in total. The van der Waals surface area contributed by atoms with E-state index in [1.54, 1.807) is 23.9 Å². The molecule has 30 heavy (non-hydrogen) atoms. The molecule has 2 aromatic carbocycles. The third kappa shape index (κ3) is 3.58.